The molecule has 1 atom stereocenters. The van der Waals surface area contributed by atoms with Gasteiger partial charge in [0.15, 0.2) is 0 Å². The smallest absolute Gasteiger partial charge is 0.147 e. The van der Waals surface area contributed by atoms with Crippen LogP contribution in [0.4, 0.5) is 0 Å². The number of aryl methyl sites for hydroxylation is 1. The number of rotatable bonds is 3. The third kappa shape index (κ3) is 3.16. The van der Waals surface area contributed by atoms with Crippen molar-refractivity contribution in [3.63, 3.8) is 0 Å². The van der Waals surface area contributed by atoms with Crippen LogP contribution in [0.5, 0.6) is 0 Å². The van der Waals surface area contributed by atoms with Gasteiger partial charge in [0, 0.05) is 25.7 Å². The lowest BCUT2D eigenvalue weighted by atomic mass is 9.90. The van der Waals surface area contributed by atoms with E-state index in [0.717, 1.165) is 50.7 Å². The van der Waals surface area contributed by atoms with Crippen LogP contribution in [0.1, 0.15) is 57.2 Å². The van der Waals surface area contributed by atoms with Gasteiger partial charge < -0.3 is 14.0 Å². The van der Waals surface area contributed by atoms with Crippen LogP contribution in [0, 0.1) is 6.92 Å². The molecule has 3 heterocycles. The molecule has 1 aliphatic carbocycles. The SMILES string of the molecule is Cc1nnc(CN2CC(C)(C)OC3(CCCOC3)C2)n1C1CC1. The molecule has 0 bridgehead atoms. The van der Waals surface area contributed by atoms with E-state index in [1.807, 2.05) is 0 Å². The van der Waals surface area contributed by atoms with E-state index in [4.69, 9.17) is 9.47 Å². The second-order valence-corrected chi connectivity index (χ2v) is 8.11. The number of morpholine rings is 1. The first-order valence-electron chi connectivity index (χ1n) is 8.87. The van der Waals surface area contributed by atoms with Gasteiger partial charge in [0.25, 0.3) is 0 Å². The minimum atomic E-state index is -0.154. The lowest BCUT2D eigenvalue weighted by Gasteiger charge is -2.51. The standard InChI is InChI=1S/C17H28N4O2/c1-13-18-19-15(21(13)14-5-6-14)9-20-10-16(2,3)23-17(11-20)7-4-8-22-12-17/h14H,4-12H2,1-3H3. The van der Waals surface area contributed by atoms with Crippen molar-refractivity contribution in [1.29, 1.82) is 0 Å². The minimum Gasteiger partial charge on any atom is -0.378 e. The molecule has 1 saturated carbocycles. The quantitative estimate of drug-likeness (QED) is 0.853. The maximum atomic E-state index is 6.46. The van der Waals surface area contributed by atoms with Crippen LogP contribution in [0.3, 0.4) is 0 Å². The van der Waals surface area contributed by atoms with Gasteiger partial charge in [0.1, 0.15) is 17.2 Å². The number of hydrogen-bond acceptors (Lipinski definition) is 5. The molecule has 3 aliphatic rings. The Morgan fingerprint density at radius 2 is 2.04 bits per heavy atom. The van der Waals surface area contributed by atoms with Crippen LogP contribution < -0.4 is 0 Å². The molecule has 0 amide bonds. The first kappa shape index (κ1) is 15.5. The van der Waals surface area contributed by atoms with E-state index in [-0.39, 0.29) is 11.2 Å². The van der Waals surface area contributed by atoms with E-state index >= 15 is 0 Å². The highest BCUT2D eigenvalue weighted by atomic mass is 16.6. The van der Waals surface area contributed by atoms with Crippen LogP contribution in [0.15, 0.2) is 0 Å². The van der Waals surface area contributed by atoms with Crippen LogP contribution in [-0.2, 0) is 16.0 Å². The molecule has 23 heavy (non-hydrogen) atoms. The summed E-state index contributed by atoms with van der Waals surface area (Å²) in [6.45, 7) is 10.7. The van der Waals surface area contributed by atoms with Crippen LogP contribution in [0.2, 0.25) is 0 Å². The molecule has 128 valence electrons. The first-order chi connectivity index (χ1) is 11.0. The summed E-state index contributed by atoms with van der Waals surface area (Å²) in [5.74, 6) is 2.15. The van der Waals surface area contributed by atoms with Crippen molar-refractivity contribution < 1.29 is 9.47 Å². The van der Waals surface area contributed by atoms with Crippen molar-refractivity contribution in [3.05, 3.63) is 11.6 Å². The predicted molar refractivity (Wildman–Crippen MR) is 86.3 cm³/mol. The topological polar surface area (TPSA) is 52.4 Å². The average Bonchev–Trinajstić information content (AvgIpc) is 3.23. The minimum absolute atomic E-state index is 0.153. The highest BCUT2D eigenvalue weighted by Crippen LogP contribution is 2.38. The van der Waals surface area contributed by atoms with Crippen LogP contribution in [0.25, 0.3) is 0 Å². The van der Waals surface area contributed by atoms with Crippen molar-refractivity contribution in [2.45, 2.75) is 70.2 Å². The van der Waals surface area contributed by atoms with Gasteiger partial charge in [0.05, 0.1) is 18.8 Å². The summed E-state index contributed by atoms with van der Waals surface area (Å²) in [5, 5.41) is 8.77. The van der Waals surface area contributed by atoms with Gasteiger partial charge in [-0.3, -0.25) is 4.90 Å². The summed E-state index contributed by atoms with van der Waals surface area (Å²) in [4.78, 5) is 2.49. The summed E-state index contributed by atoms with van der Waals surface area (Å²) in [6, 6.07) is 0.626. The summed E-state index contributed by atoms with van der Waals surface area (Å²) >= 11 is 0. The monoisotopic (exact) mass is 320 g/mol. The van der Waals surface area contributed by atoms with Crippen LogP contribution >= 0.6 is 0 Å². The second kappa shape index (κ2) is 5.53. The summed E-state index contributed by atoms with van der Waals surface area (Å²) in [5.41, 5.74) is -0.308. The van der Waals surface area contributed by atoms with Crippen molar-refractivity contribution in [1.82, 2.24) is 19.7 Å². The van der Waals surface area contributed by atoms with E-state index < -0.39 is 0 Å². The molecule has 2 aliphatic heterocycles. The predicted octanol–water partition coefficient (Wildman–Crippen LogP) is 2.08. The fourth-order valence-corrected chi connectivity index (χ4v) is 4.33. The summed E-state index contributed by atoms with van der Waals surface area (Å²) < 4.78 is 14.5. The van der Waals surface area contributed by atoms with E-state index in [1.165, 1.54) is 12.8 Å². The third-order valence-corrected chi connectivity index (χ3v) is 5.11. The normalized spacial score (nSPS) is 31.6. The zero-order chi connectivity index (χ0) is 16.1. The van der Waals surface area contributed by atoms with E-state index in [1.54, 1.807) is 0 Å². The third-order valence-electron chi connectivity index (χ3n) is 5.11. The number of aromatic nitrogens is 3. The Morgan fingerprint density at radius 1 is 1.22 bits per heavy atom. The molecule has 1 spiro atoms. The van der Waals surface area contributed by atoms with Gasteiger partial charge in [-0.25, -0.2) is 0 Å². The molecule has 3 fully saturated rings. The van der Waals surface area contributed by atoms with Crippen molar-refractivity contribution in [2.75, 3.05) is 26.3 Å². The largest absolute Gasteiger partial charge is 0.378 e. The molecule has 4 rings (SSSR count). The fourth-order valence-electron chi connectivity index (χ4n) is 4.33. The lowest BCUT2D eigenvalue weighted by molar-refractivity contribution is -0.234. The van der Waals surface area contributed by atoms with E-state index in [9.17, 15) is 0 Å². The van der Waals surface area contributed by atoms with Gasteiger partial charge in [-0.1, -0.05) is 0 Å². The summed E-state index contributed by atoms with van der Waals surface area (Å²) in [7, 11) is 0. The van der Waals surface area contributed by atoms with Gasteiger partial charge in [-0.2, -0.15) is 0 Å². The number of nitrogens with zero attached hydrogens (tertiary/aromatic N) is 4. The molecular weight excluding hydrogens is 292 g/mol. The Kier molecular flexibility index (Phi) is 3.74. The fraction of sp³-hybridized carbons (Fsp3) is 0.882. The Hall–Kier alpha value is -0.980. The number of hydrogen-bond donors (Lipinski definition) is 0. The maximum Gasteiger partial charge on any atom is 0.147 e. The summed E-state index contributed by atoms with van der Waals surface area (Å²) in [6.07, 6.45) is 4.69. The van der Waals surface area contributed by atoms with Crippen molar-refractivity contribution in [2.24, 2.45) is 0 Å². The molecule has 6 nitrogen and oxygen atoms in total. The molecule has 2 saturated heterocycles. The van der Waals surface area contributed by atoms with Gasteiger partial charge in [-0.05, 0) is 46.5 Å². The first-order valence-corrected chi connectivity index (χ1v) is 8.87. The van der Waals surface area contributed by atoms with Gasteiger partial charge >= 0.3 is 0 Å². The highest BCUT2D eigenvalue weighted by molar-refractivity contribution is 5.03. The molecule has 6 heteroatoms. The van der Waals surface area contributed by atoms with E-state index in [0.29, 0.717) is 12.6 Å². The molecule has 0 radical (unpaired) electrons. The molecule has 0 aromatic carbocycles. The Bertz CT molecular complexity index is 573. The number of ether oxygens (including phenoxy) is 2. The zero-order valence-electron chi connectivity index (χ0n) is 14.5. The maximum absolute atomic E-state index is 6.46. The molecule has 0 N–H and O–H groups in total. The van der Waals surface area contributed by atoms with Gasteiger partial charge in [0.2, 0.25) is 0 Å². The zero-order valence-corrected chi connectivity index (χ0v) is 14.5. The molecular formula is C17H28N4O2. The second-order valence-electron chi connectivity index (χ2n) is 8.11. The molecule has 1 aromatic heterocycles. The van der Waals surface area contributed by atoms with Crippen molar-refractivity contribution in [3.8, 4) is 0 Å². The molecule has 1 aromatic rings. The Morgan fingerprint density at radius 3 is 2.74 bits per heavy atom. The molecule has 1 unspecified atom stereocenters. The van der Waals surface area contributed by atoms with Crippen LogP contribution in [-0.4, -0.2) is 57.2 Å². The van der Waals surface area contributed by atoms with Gasteiger partial charge in [-0.15, -0.1) is 10.2 Å². The van der Waals surface area contributed by atoms with Crippen molar-refractivity contribution >= 4 is 0 Å². The Labute approximate surface area is 138 Å². The lowest BCUT2D eigenvalue weighted by Crippen LogP contribution is -2.62. The Balaban J connectivity index is 1.54. The van der Waals surface area contributed by atoms with E-state index in [2.05, 4.69) is 40.4 Å². The average molecular weight is 320 g/mol. The highest BCUT2D eigenvalue weighted by Gasteiger charge is 2.45.